The second kappa shape index (κ2) is 7.02. The first kappa shape index (κ1) is 16.9. The number of nitrogens with one attached hydrogen (secondary N) is 1. The van der Waals surface area contributed by atoms with E-state index in [0.29, 0.717) is 40.6 Å². The average molecular weight is 371 g/mol. The number of aryl methyl sites for hydroxylation is 1. The minimum Gasteiger partial charge on any atom is -0.455 e. The van der Waals surface area contributed by atoms with Gasteiger partial charge in [-0.1, -0.05) is 17.7 Å². The highest BCUT2D eigenvalue weighted by Gasteiger charge is 2.15. The van der Waals surface area contributed by atoms with Gasteiger partial charge in [0.2, 0.25) is 0 Å². The van der Waals surface area contributed by atoms with Crippen molar-refractivity contribution in [2.45, 2.75) is 6.92 Å². The lowest BCUT2D eigenvalue weighted by Gasteiger charge is -2.28. The Labute approximate surface area is 156 Å². The number of pyridine rings is 1. The molecular formula is C20H19ClN2O3. The summed E-state index contributed by atoms with van der Waals surface area (Å²) < 4.78 is 11.5. The second-order valence-electron chi connectivity index (χ2n) is 6.31. The van der Waals surface area contributed by atoms with Crippen molar-refractivity contribution in [2.24, 2.45) is 0 Å². The summed E-state index contributed by atoms with van der Waals surface area (Å²) in [7, 11) is 0. The predicted molar refractivity (Wildman–Crippen MR) is 104 cm³/mol. The third-order valence-electron chi connectivity index (χ3n) is 4.52. The first-order chi connectivity index (χ1) is 12.6. The summed E-state index contributed by atoms with van der Waals surface area (Å²) in [5, 5.41) is 1.27. The van der Waals surface area contributed by atoms with Crippen LogP contribution < -0.4 is 15.1 Å². The van der Waals surface area contributed by atoms with Crippen LogP contribution >= 0.6 is 11.6 Å². The van der Waals surface area contributed by atoms with E-state index in [1.807, 2.05) is 31.2 Å². The molecule has 6 heteroatoms. The lowest BCUT2D eigenvalue weighted by Crippen LogP contribution is -2.37. The number of benzene rings is 2. The third kappa shape index (κ3) is 3.28. The van der Waals surface area contributed by atoms with Crippen LogP contribution in [-0.2, 0) is 4.74 Å². The van der Waals surface area contributed by atoms with E-state index >= 15 is 0 Å². The van der Waals surface area contributed by atoms with Crippen LogP contribution in [0.25, 0.3) is 10.9 Å². The van der Waals surface area contributed by atoms with E-state index in [1.54, 1.807) is 18.2 Å². The van der Waals surface area contributed by atoms with Crippen LogP contribution in [0.15, 0.2) is 47.3 Å². The molecule has 1 saturated heterocycles. The summed E-state index contributed by atoms with van der Waals surface area (Å²) >= 11 is 6.02. The van der Waals surface area contributed by atoms with Gasteiger partial charge in [0.1, 0.15) is 11.6 Å². The maximum atomic E-state index is 12.6. The molecule has 2 aromatic carbocycles. The lowest BCUT2D eigenvalue weighted by molar-refractivity contribution is 0.122. The highest BCUT2D eigenvalue weighted by atomic mass is 35.5. The molecule has 1 aliphatic rings. The van der Waals surface area contributed by atoms with Crippen molar-refractivity contribution in [1.82, 2.24) is 4.98 Å². The number of rotatable bonds is 3. The monoisotopic (exact) mass is 370 g/mol. The van der Waals surface area contributed by atoms with E-state index in [1.165, 1.54) is 0 Å². The molecule has 1 N–H and O–H groups in total. The first-order valence-electron chi connectivity index (χ1n) is 8.54. The van der Waals surface area contributed by atoms with Gasteiger partial charge in [0.05, 0.1) is 18.7 Å². The molecule has 134 valence electrons. The minimum absolute atomic E-state index is 0.0291. The molecule has 0 saturated carbocycles. The zero-order valence-electron chi connectivity index (χ0n) is 14.4. The Balaban J connectivity index is 1.79. The van der Waals surface area contributed by atoms with Crippen LogP contribution in [0.2, 0.25) is 5.02 Å². The fourth-order valence-electron chi connectivity index (χ4n) is 3.14. The van der Waals surface area contributed by atoms with Crippen molar-refractivity contribution in [3.63, 3.8) is 0 Å². The number of morpholine rings is 1. The largest absolute Gasteiger partial charge is 0.455 e. The predicted octanol–water partition coefficient (Wildman–Crippen LogP) is 4.12. The number of fused-ring (bicyclic) bond motifs is 1. The highest BCUT2D eigenvalue weighted by molar-refractivity contribution is 6.30. The van der Waals surface area contributed by atoms with Crippen LogP contribution in [0.3, 0.4) is 0 Å². The van der Waals surface area contributed by atoms with Gasteiger partial charge >= 0.3 is 0 Å². The van der Waals surface area contributed by atoms with E-state index in [4.69, 9.17) is 21.1 Å². The molecule has 0 unspecified atom stereocenters. The standard InChI is InChI=1S/C20H19ClN2O3/c1-13-11-14(21)5-6-17(13)26-18-4-2-3-15-16(24)12-19(22-20(15)18)23-7-9-25-10-8-23/h2-6,11-12H,7-10H2,1H3,(H,22,24). The fraction of sp³-hybridized carbons (Fsp3) is 0.250. The molecule has 0 atom stereocenters. The third-order valence-corrected chi connectivity index (χ3v) is 4.76. The van der Waals surface area contributed by atoms with Crippen LogP contribution in [0.5, 0.6) is 11.5 Å². The molecule has 3 aromatic rings. The molecular weight excluding hydrogens is 352 g/mol. The Morgan fingerprint density at radius 3 is 2.69 bits per heavy atom. The molecule has 0 aliphatic carbocycles. The molecule has 5 nitrogen and oxygen atoms in total. The smallest absolute Gasteiger partial charge is 0.191 e. The number of aromatic amines is 1. The van der Waals surface area contributed by atoms with Gasteiger partial charge < -0.3 is 19.4 Å². The summed E-state index contributed by atoms with van der Waals surface area (Å²) in [4.78, 5) is 18.1. The van der Waals surface area contributed by atoms with Gasteiger partial charge in [-0.15, -0.1) is 0 Å². The maximum absolute atomic E-state index is 12.6. The van der Waals surface area contributed by atoms with E-state index in [9.17, 15) is 4.79 Å². The van der Waals surface area contributed by atoms with Crippen molar-refractivity contribution in [1.29, 1.82) is 0 Å². The zero-order valence-corrected chi connectivity index (χ0v) is 15.2. The van der Waals surface area contributed by atoms with Crippen molar-refractivity contribution in [2.75, 3.05) is 31.2 Å². The van der Waals surface area contributed by atoms with Gasteiger partial charge in [-0.25, -0.2) is 0 Å². The second-order valence-corrected chi connectivity index (χ2v) is 6.75. The maximum Gasteiger partial charge on any atom is 0.191 e. The van der Waals surface area contributed by atoms with Gasteiger partial charge in [0.25, 0.3) is 0 Å². The number of H-pyrrole nitrogens is 1. The van der Waals surface area contributed by atoms with Crippen LogP contribution in [-0.4, -0.2) is 31.3 Å². The Morgan fingerprint density at radius 1 is 1.12 bits per heavy atom. The van der Waals surface area contributed by atoms with Gasteiger partial charge in [0.15, 0.2) is 11.2 Å². The van der Waals surface area contributed by atoms with E-state index < -0.39 is 0 Å². The number of para-hydroxylation sites is 1. The Bertz CT molecular complexity index is 1010. The number of aromatic nitrogens is 1. The minimum atomic E-state index is -0.0291. The summed E-state index contributed by atoms with van der Waals surface area (Å²) in [5.41, 5.74) is 1.59. The van der Waals surface area contributed by atoms with E-state index in [-0.39, 0.29) is 5.43 Å². The van der Waals surface area contributed by atoms with Crippen molar-refractivity contribution in [3.8, 4) is 11.5 Å². The Morgan fingerprint density at radius 2 is 1.92 bits per heavy atom. The van der Waals surface area contributed by atoms with Crippen LogP contribution in [0.4, 0.5) is 5.82 Å². The first-order valence-corrected chi connectivity index (χ1v) is 8.92. The zero-order chi connectivity index (χ0) is 18.1. The normalized spacial score (nSPS) is 14.6. The number of halogens is 1. The summed E-state index contributed by atoms with van der Waals surface area (Å²) in [5.74, 6) is 2.11. The summed E-state index contributed by atoms with van der Waals surface area (Å²) in [6.07, 6.45) is 0. The van der Waals surface area contributed by atoms with Crippen molar-refractivity contribution >= 4 is 28.3 Å². The Kier molecular flexibility index (Phi) is 4.57. The fourth-order valence-corrected chi connectivity index (χ4v) is 3.36. The molecule has 26 heavy (non-hydrogen) atoms. The lowest BCUT2D eigenvalue weighted by atomic mass is 10.2. The van der Waals surface area contributed by atoms with E-state index in [0.717, 1.165) is 24.5 Å². The van der Waals surface area contributed by atoms with Crippen LogP contribution in [0.1, 0.15) is 5.56 Å². The molecule has 1 aliphatic heterocycles. The molecule has 2 heterocycles. The average Bonchev–Trinajstić information content (AvgIpc) is 2.65. The summed E-state index contributed by atoms with van der Waals surface area (Å²) in [6.45, 7) is 4.75. The SMILES string of the molecule is Cc1cc(Cl)ccc1Oc1cccc2c(=O)cc(N3CCOCC3)[nH]c12. The van der Waals surface area contributed by atoms with Crippen molar-refractivity contribution < 1.29 is 9.47 Å². The molecule has 0 spiro atoms. The van der Waals surface area contributed by atoms with Crippen molar-refractivity contribution in [3.05, 3.63) is 63.3 Å². The Hall–Kier alpha value is -2.50. The van der Waals surface area contributed by atoms with Crippen LogP contribution in [0, 0.1) is 6.92 Å². The molecule has 1 aromatic heterocycles. The number of hydrogen-bond donors (Lipinski definition) is 1. The molecule has 0 bridgehead atoms. The number of anilines is 1. The number of ether oxygens (including phenoxy) is 2. The molecule has 0 amide bonds. The molecule has 0 radical (unpaired) electrons. The molecule has 1 fully saturated rings. The van der Waals surface area contributed by atoms with Gasteiger partial charge in [-0.2, -0.15) is 0 Å². The van der Waals surface area contributed by atoms with Gasteiger partial charge in [0, 0.05) is 29.6 Å². The quantitative estimate of drug-likeness (QED) is 0.753. The number of nitrogens with zero attached hydrogens (tertiary/aromatic N) is 1. The molecule has 4 rings (SSSR count). The number of hydrogen-bond acceptors (Lipinski definition) is 4. The van der Waals surface area contributed by atoms with Gasteiger partial charge in [-0.05, 0) is 42.8 Å². The van der Waals surface area contributed by atoms with Gasteiger partial charge in [-0.3, -0.25) is 4.79 Å². The highest BCUT2D eigenvalue weighted by Crippen LogP contribution is 2.31. The van der Waals surface area contributed by atoms with E-state index in [2.05, 4.69) is 9.88 Å². The summed E-state index contributed by atoms with van der Waals surface area (Å²) in [6, 6.07) is 12.6. The topological polar surface area (TPSA) is 54.6 Å².